The van der Waals surface area contributed by atoms with Crippen molar-refractivity contribution in [3.8, 4) is 0 Å². The van der Waals surface area contributed by atoms with Crippen molar-refractivity contribution >= 4 is 35.7 Å². The molecule has 0 spiro atoms. The average molecular weight is 576 g/mol. The summed E-state index contributed by atoms with van der Waals surface area (Å²) in [5.74, 6) is -2.90. The third-order valence-corrected chi connectivity index (χ3v) is 8.62. The summed E-state index contributed by atoms with van der Waals surface area (Å²) in [6, 6.07) is 1.84. The van der Waals surface area contributed by atoms with Crippen LogP contribution in [0.15, 0.2) is 18.5 Å². The number of aromatic nitrogens is 2. The number of nitrogens with zero attached hydrogens (tertiary/aromatic N) is 5. The standard InChI is InChI=1S/C21H29N5O2.C6H8O7/c27-19-17-15-4-5-16(14-15)18(17)20(28)26(19)9-2-1-8-24-10-12-25(13-11-24)21-22-6-3-7-23-21;7-3(8)1-6(13,5(11)12)2-4(9)10/h3,6-7,15-18H,1-2,4-5,8-14H2;13H,1-2H2,(H,7,8)(H,9,10)(H,11,12). The smallest absolute Gasteiger partial charge is 0.336 e. The first-order valence-electron chi connectivity index (χ1n) is 14.0. The lowest BCUT2D eigenvalue weighted by Crippen LogP contribution is -2.47. The summed E-state index contributed by atoms with van der Waals surface area (Å²) < 4.78 is 0. The molecule has 4 fully saturated rings. The maximum absolute atomic E-state index is 12.7. The first-order chi connectivity index (χ1) is 19.5. The minimum Gasteiger partial charge on any atom is -0.481 e. The van der Waals surface area contributed by atoms with Crippen LogP contribution >= 0.6 is 0 Å². The summed E-state index contributed by atoms with van der Waals surface area (Å²) >= 11 is 0. The molecule has 4 unspecified atom stereocenters. The fourth-order valence-electron chi connectivity index (χ4n) is 6.64. The lowest BCUT2D eigenvalue weighted by molar-refractivity contribution is -0.170. The van der Waals surface area contributed by atoms with Gasteiger partial charge in [0.25, 0.3) is 0 Å². The molecule has 2 bridgehead atoms. The molecule has 2 aliphatic carbocycles. The molecule has 14 nitrogen and oxygen atoms in total. The zero-order valence-corrected chi connectivity index (χ0v) is 22.8. The van der Waals surface area contributed by atoms with Crippen LogP contribution in [0.3, 0.4) is 0 Å². The van der Waals surface area contributed by atoms with Crippen LogP contribution in [-0.2, 0) is 24.0 Å². The highest BCUT2D eigenvalue weighted by molar-refractivity contribution is 6.06. The number of anilines is 1. The van der Waals surface area contributed by atoms with Crippen LogP contribution in [0.2, 0.25) is 0 Å². The Morgan fingerprint density at radius 3 is 1.83 bits per heavy atom. The highest BCUT2D eigenvalue weighted by atomic mass is 16.4. The second-order valence-corrected chi connectivity index (χ2v) is 11.3. The maximum Gasteiger partial charge on any atom is 0.336 e. The van der Waals surface area contributed by atoms with Gasteiger partial charge >= 0.3 is 17.9 Å². The third-order valence-electron chi connectivity index (χ3n) is 8.62. The van der Waals surface area contributed by atoms with Crippen LogP contribution in [0.4, 0.5) is 5.95 Å². The molecule has 1 aromatic heterocycles. The lowest BCUT2D eigenvalue weighted by Gasteiger charge is -2.34. The van der Waals surface area contributed by atoms with E-state index >= 15 is 0 Å². The lowest BCUT2D eigenvalue weighted by atomic mass is 9.81. The normalized spacial score (nSPS) is 25.6. The van der Waals surface area contributed by atoms with Crippen LogP contribution < -0.4 is 4.90 Å². The van der Waals surface area contributed by atoms with E-state index in [0.29, 0.717) is 18.4 Å². The van der Waals surface area contributed by atoms with Crippen molar-refractivity contribution in [3.63, 3.8) is 0 Å². The molecule has 0 radical (unpaired) electrons. The number of rotatable bonds is 11. The summed E-state index contributed by atoms with van der Waals surface area (Å²) in [4.78, 5) is 70.9. The van der Waals surface area contributed by atoms with E-state index < -0.39 is 36.4 Å². The topological polar surface area (TPSA) is 202 Å². The van der Waals surface area contributed by atoms with Crippen molar-refractivity contribution in [3.05, 3.63) is 18.5 Å². The molecule has 0 aromatic carbocycles. The number of likely N-dealkylation sites (tertiary alicyclic amines) is 1. The third kappa shape index (κ3) is 6.99. The first-order valence-corrected chi connectivity index (χ1v) is 14.0. The van der Waals surface area contributed by atoms with Crippen molar-refractivity contribution in [2.75, 3.05) is 44.2 Å². The number of hydrogen-bond donors (Lipinski definition) is 4. The van der Waals surface area contributed by atoms with Gasteiger partial charge in [-0.25, -0.2) is 14.8 Å². The number of aliphatic carboxylic acids is 3. The van der Waals surface area contributed by atoms with Gasteiger partial charge in [-0.15, -0.1) is 0 Å². The SMILES string of the molecule is O=C(O)CC(O)(CC(=O)O)C(=O)O.O=C1C2C3CCC(C3)C2C(=O)N1CCCCN1CCN(c2ncccn2)CC1. The fraction of sp³-hybridized carbons (Fsp3) is 0.667. The molecule has 4 N–H and O–H groups in total. The maximum atomic E-state index is 12.7. The van der Waals surface area contributed by atoms with E-state index in [9.17, 15) is 24.0 Å². The Morgan fingerprint density at radius 1 is 0.829 bits per heavy atom. The monoisotopic (exact) mass is 575 g/mol. The number of unbranched alkanes of at least 4 members (excludes halogenated alkanes) is 1. The van der Waals surface area contributed by atoms with Crippen molar-refractivity contribution in [2.24, 2.45) is 23.7 Å². The van der Waals surface area contributed by atoms with Gasteiger partial charge in [-0.3, -0.25) is 29.0 Å². The molecule has 224 valence electrons. The number of carboxylic acids is 3. The molecule has 2 aliphatic heterocycles. The molecule has 14 heteroatoms. The van der Waals surface area contributed by atoms with Crippen molar-refractivity contribution < 1.29 is 44.4 Å². The van der Waals surface area contributed by atoms with E-state index in [1.54, 1.807) is 17.3 Å². The van der Waals surface area contributed by atoms with Crippen molar-refractivity contribution in [1.29, 1.82) is 0 Å². The highest BCUT2D eigenvalue weighted by Crippen LogP contribution is 2.56. The van der Waals surface area contributed by atoms with Gasteiger partial charge in [0.1, 0.15) is 0 Å². The Bertz CT molecular complexity index is 1100. The van der Waals surface area contributed by atoms with E-state index in [1.807, 2.05) is 6.07 Å². The van der Waals surface area contributed by atoms with Gasteiger partial charge in [-0.05, 0) is 56.6 Å². The number of imide groups is 1. The zero-order chi connectivity index (χ0) is 29.7. The Kier molecular flexibility index (Phi) is 9.53. The Balaban J connectivity index is 0.000000254. The van der Waals surface area contributed by atoms with E-state index in [4.69, 9.17) is 20.4 Å². The largest absolute Gasteiger partial charge is 0.481 e. The molecular weight excluding hydrogens is 538 g/mol. The van der Waals surface area contributed by atoms with Gasteiger partial charge < -0.3 is 25.3 Å². The number of carboxylic acid groups (broad SMARTS) is 3. The highest BCUT2D eigenvalue weighted by Gasteiger charge is 2.60. The summed E-state index contributed by atoms with van der Waals surface area (Å²) in [6.45, 7) is 5.54. The molecular formula is C27H37N5O9. The number of hydrogen-bond acceptors (Lipinski definition) is 10. The van der Waals surface area contributed by atoms with Crippen LogP contribution in [0.5, 0.6) is 0 Å². The fourth-order valence-corrected chi connectivity index (χ4v) is 6.64. The summed E-state index contributed by atoms with van der Waals surface area (Å²) in [6.07, 6.45) is 6.64. The van der Waals surface area contributed by atoms with Crippen LogP contribution in [0.25, 0.3) is 0 Å². The average Bonchev–Trinajstić information content (AvgIpc) is 3.61. The number of amides is 2. The Labute approximate surface area is 237 Å². The Hall–Kier alpha value is -3.65. The summed E-state index contributed by atoms with van der Waals surface area (Å²) in [5, 5.41) is 33.8. The van der Waals surface area contributed by atoms with Crippen LogP contribution in [0.1, 0.15) is 44.9 Å². The number of aliphatic hydroxyl groups is 1. The van der Waals surface area contributed by atoms with Gasteiger partial charge in [0.05, 0.1) is 24.7 Å². The molecule has 1 aromatic rings. The molecule has 2 saturated carbocycles. The minimum atomic E-state index is -2.74. The van der Waals surface area contributed by atoms with E-state index in [1.165, 1.54) is 0 Å². The number of fused-ring (bicyclic) bond motifs is 5. The van der Waals surface area contributed by atoms with Gasteiger partial charge in [0, 0.05) is 45.1 Å². The molecule has 5 rings (SSSR count). The second kappa shape index (κ2) is 12.9. The molecule has 3 heterocycles. The summed E-state index contributed by atoms with van der Waals surface area (Å²) in [7, 11) is 0. The quantitative estimate of drug-likeness (QED) is 0.205. The summed E-state index contributed by atoms with van der Waals surface area (Å²) in [5.41, 5.74) is -2.74. The molecule has 4 aliphatic rings. The van der Waals surface area contributed by atoms with Gasteiger partial charge in [-0.2, -0.15) is 0 Å². The number of carbonyl (C=O) groups is 5. The van der Waals surface area contributed by atoms with Crippen LogP contribution in [0, 0.1) is 23.7 Å². The molecule has 41 heavy (non-hydrogen) atoms. The van der Waals surface area contributed by atoms with Gasteiger partial charge in [0.2, 0.25) is 17.8 Å². The predicted octanol–water partition coefficient (Wildman–Crippen LogP) is 0.161. The zero-order valence-electron chi connectivity index (χ0n) is 22.8. The van der Waals surface area contributed by atoms with Gasteiger partial charge in [0.15, 0.2) is 5.60 Å². The van der Waals surface area contributed by atoms with Crippen molar-refractivity contribution in [1.82, 2.24) is 19.8 Å². The van der Waals surface area contributed by atoms with E-state index in [0.717, 1.165) is 70.8 Å². The molecule has 4 atom stereocenters. The Morgan fingerprint density at radius 2 is 1.34 bits per heavy atom. The molecule has 2 amide bonds. The minimum absolute atomic E-state index is 0.0273. The van der Waals surface area contributed by atoms with E-state index in [-0.39, 0.29) is 23.7 Å². The predicted molar refractivity (Wildman–Crippen MR) is 142 cm³/mol. The molecule has 2 saturated heterocycles. The van der Waals surface area contributed by atoms with Gasteiger partial charge in [-0.1, -0.05) is 0 Å². The number of carbonyl (C=O) groups excluding carboxylic acids is 2. The van der Waals surface area contributed by atoms with Crippen LogP contribution in [-0.4, -0.2) is 115 Å². The number of piperazine rings is 1. The second-order valence-electron chi connectivity index (χ2n) is 11.3. The van der Waals surface area contributed by atoms with E-state index in [2.05, 4.69) is 19.8 Å². The first kappa shape index (κ1) is 30.3. The van der Waals surface area contributed by atoms with Crippen molar-refractivity contribution in [2.45, 2.75) is 50.5 Å².